The van der Waals surface area contributed by atoms with Gasteiger partial charge in [-0.3, -0.25) is 9.59 Å². The predicted octanol–water partition coefficient (Wildman–Crippen LogP) is 3.40. The number of carboxylic acid groups (broad SMARTS) is 1. The number of amides is 2. The Morgan fingerprint density at radius 1 is 1.03 bits per heavy atom. The van der Waals surface area contributed by atoms with Crippen molar-refractivity contribution in [1.29, 1.82) is 0 Å². The van der Waals surface area contributed by atoms with Gasteiger partial charge in [0.15, 0.2) is 0 Å². The number of ether oxygens (including phenoxy) is 1. The van der Waals surface area contributed by atoms with Crippen LogP contribution in [0.5, 0.6) is 0 Å². The molecule has 2 aromatic carbocycles. The lowest BCUT2D eigenvalue weighted by atomic mass is 9.98. The van der Waals surface area contributed by atoms with Crippen LogP contribution in [0.2, 0.25) is 0 Å². The number of fused-ring (bicyclic) bond motifs is 3. The van der Waals surface area contributed by atoms with Gasteiger partial charge in [-0.15, -0.1) is 0 Å². The SMILES string of the molecule is CN(CCC(=O)O)C(=O)C1C=CC(NC(=O)OCC2c3ccccc3-c3ccccc32)C1. The fourth-order valence-electron chi connectivity index (χ4n) is 4.44. The van der Waals surface area contributed by atoms with Crippen molar-refractivity contribution in [3.05, 3.63) is 71.8 Å². The Morgan fingerprint density at radius 2 is 1.66 bits per heavy atom. The van der Waals surface area contributed by atoms with Crippen molar-refractivity contribution in [1.82, 2.24) is 10.2 Å². The Balaban J connectivity index is 1.30. The Morgan fingerprint density at radius 3 is 2.28 bits per heavy atom. The van der Waals surface area contributed by atoms with Gasteiger partial charge in [0.25, 0.3) is 0 Å². The smallest absolute Gasteiger partial charge is 0.407 e. The molecule has 7 heteroatoms. The van der Waals surface area contributed by atoms with E-state index in [9.17, 15) is 14.4 Å². The van der Waals surface area contributed by atoms with E-state index in [1.165, 1.54) is 16.0 Å². The lowest BCUT2D eigenvalue weighted by molar-refractivity contribution is -0.138. The monoisotopic (exact) mass is 434 g/mol. The zero-order chi connectivity index (χ0) is 22.7. The van der Waals surface area contributed by atoms with Gasteiger partial charge in [-0.2, -0.15) is 0 Å². The summed E-state index contributed by atoms with van der Waals surface area (Å²) >= 11 is 0. The quantitative estimate of drug-likeness (QED) is 0.651. The number of nitrogens with one attached hydrogen (secondary N) is 1. The molecule has 0 saturated carbocycles. The molecular weight excluding hydrogens is 408 g/mol. The summed E-state index contributed by atoms with van der Waals surface area (Å²) in [5.74, 6) is -1.49. The summed E-state index contributed by atoms with van der Waals surface area (Å²) in [5, 5.41) is 11.6. The molecular formula is C25H26N2O5. The van der Waals surface area contributed by atoms with Gasteiger partial charge in [-0.05, 0) is 28.7 Å². The molecule has 0 fully saturated rings. The minimum absolute atomic E-state index is 0.00974. The van der Waals surface area contributed by atoms with Crippen LogP contribution in [-0.2, 0) is 14.3 Å². The minimum atomic E-state index is -0.943. The first-order valence-electron chi connectivity index (χ1n) is 10.7. The minimum Gasteiger partial charge on any atom is -0.481 e. The number of benzene rings is 2. The van der Waals surface area contributed by atoms with E-state index in [0.717, 1.165) is 11.1 Å². The molecule has 0 heterocycles. The first kappa shape index (κ1) is 21.6. The molecule has 0 saturated heterocycles. The first-order valence-corrected chi connectivity index (χ1v) is 10.7. The molecule has 0 bridgehead atoms. The molecule has 2 amide bonds. The molecule has 32 heavy (non-hydrogen) atoms. The summed E-state index contributed by atoms with van der Waals surface area (Å²) in [4.78, 5) is 37.0. The molecule has 2 aromatic rings. The van der Waals surface area contributed by atoms with E-state index in [-0.39, 0.29) is 43.4 Å². The number of carbonyl (C=O) groups excluding carboxylic acids is 2. The number of carboxylic acids is 1. The van der Waals surface area contributed by atoms with Crippen LogP contribution in [0.15, 0.2) is 60.7 Å². The summed E-state index contributed by atoms with van der Waals surface area (Å²) in [6.07, 6.45) is 3.36. The van der Waals surface area contributed by atoms with E-state index in [1.54, 1.807) is 19.2 Å². The molecule has 0 radical (unpaired) electrons. The normalized spacial score (nSPS) is 18.7. The highest BCUT2D eigenvalue weighted by Gasteiger charge is 2.31. The Hall–Kier alpha value is -3.61. The zero-order valence-electron chi connectivity index (χ0n) is 17.9. The van der Waals surface area contributed by atoms with Gasteiger partial charge in [0.2, 0.25) is 5.91 Å². The Labute approximate surface area is 186 Å². The number of hydrogen-bond donors (Lipinski definition) is 2. The molecule has 166 valence electrons. The Kier molecular flexibility index (Phi) is 6.25. The van der Waals surface area contributed by atoms with Crippen LogP contribution in [-0.4, -0.2) is 54.2 Å². The van der Waals surface area contributed by atoms with Crippen molar-refractivity contribution < 1.29 is 24.2 Å². The zero-order valence-corrected chi connectivity index (χ0v) is 17.9. The average molecular weight is 434 g/mol. The average Bonchev–Trinajstić information content (AvgIpc) is 3.38. The van der Waals surface area contributed by atoms with E-state index >= 15 is 0 Å². The third-order valence-corrected chi connectivity index (χ3v) is 6.09. The molecule has 2 aliphatic rings. The van der Waals surface area contributed by atoms with Gasteiger partial charge in [0, 0.05) is 19.5 Å². The van der Waals surface area contributed by atoms with Crippen molar-refractivity contribution in [3.8, 4) is 11.1 Å². The molecule has 2 N–H and O–H groups in total. The number of rotatable bonds is 7. The Bertz CT molecular complexity index is 1020. The summed E-state index contributed by atoms with van der Waals surface area (Å²) in [6.45, 7) is 0.388. The maximum atomic E-state index is 12.5. The first-order chi connectivity index (χ1) is 15.4. The molecule has 2 aliphatic carbocycles. The number of aliphatic carboxylic acids is 1. The lowest BCUT2D eigenvalue weighted by Crippen LogP contribution is -2.37. The van der Waals surface area contributed by atoms with Gasteiger partial charge in [-0.25, -0.2) is 4.79 Å². The van der Waals surface area contributed by atoms with Gasteiger partial charge >= 0.3 is 12.1 Å². The van der Waals surface area contributed by atoms with Crippen LogP contribution in [0.1, 0.15) is 29.9 Å². The molecule has 0 aliphatic heterocycles. The standard InChI is InChI=1S/C25H26N2O5/c1-27(13-12-23(28)29)24(30)16-10-11-17(14-16)26-25(31)32-15-22-20-8-4-2-6-18(20)19-7-3-5-9-21(19)22/h2-11,16-17,22H,12-15H2,1H3,(H,26,31)(H,28,29). The highest BCUT2D eigenvalue weighted by molar-refractivity contribution is 5.82. The predicted molar refractivity (Wildman–Crippen MR) is 119 cm³/mol. The van der Waals surface area contributed by atoms with Crippen LogP contribution < -0.4 is 5.32 Å². The van der Waals surface area contributed by atoms with Gasteiger partial charge in [0.05, 0.1) is 18.4 Å². The van der Waals surface area contributed by atoms with Crippen LogP contribution in [0, 0.1) is 5.92 Å². The second kappa shape index (κ2) is 9.26. The van der Waals surface area contributed by atoms with Crippen LogP contribution in [0.25, 0.3) is 11.1 Å². The largest absolute Gasteiger partial charge is 0.481 e. The fraction of sp³-hybridized carbons (Fsp3) is 0.320. The number of nitrogens with zero attached hydrogens (tertiary/aromatic N) is 1. The highest BCUT2D eigenvalue weighted by Crippen LogP contribution is 2.44. The van der Waals surface area contributed by atoms with Crippen molar-refractivity contribution >= 4 is 18.0 Å². The maximum Gasteiger partial charge on any atom is 0.407 e. The third-order valence-electron chi connectivity index (χ3n) is 6.09. The van der Waals surface area contributed by atoms with Gasteiger partial charge < -0.3 is 20.1 Å². The van der Waals surface area contributed by atoms with Crippen molar-refractivity contribution in [3.63, 3.8) is 0 Å². The van der Waals surface area contributed by atoms with Crippen LogP contribution in [0.3, 0.4) is 0 Å². The topological polar surface area (TPSA) is 95.9 Å². The summed E-state index contributed by atoms with van der Waals surface area (Å²) < 4.78 is 5.57. The van der Waals surface area contributed by atoms with Crippen LogP contribution in [0.4, 0.5) is 4.79 Å². The lowest BCUT2D eigenvalue weighted by Gasteiger charge is -2.20. The van der Waals surface area contributed by atoms with E-state index in [1.807, 2.05) is 24.3 Å². The van der Waals surface area contributed by atoms with Crippen molar-refractivity contribution in [2.75, 3.05) is 20.2 Å². The maximum absolute atomic E-state index is 12.5. The van der Waals surface area contributed by atoms with E-state index in [4.69, 9.17) is 9.84 Å². The molecule has 4 rings (SSSR count). The number of hydrogen-bond acceptors (Lipinski definition) is 4. The number of alkyl carbamates (subject to hydrolysis) is 1. The highest BCUT2D eigenvalue weighted by atomic mass is 16.5. The third kappa shape index (κ3) is 4.51. The molecule has 7 nitrogen and oxygen atoms in total. The fourth-order valence-corrected chi connectivity index (χ4v) is 4.44. The molecule has 2 atom stereocenters. The van der Waals surface area contributed by atoms with E-state index in [0.29, 0.717) is 6.42 Å². The van der Waals surface area contributed by atoms with E-state index in [2.05, 4.69) is 29.6 Å². The van der Waals surface area contributed by atoms with Crippen molar-refractivity contribution in [2.24, 2.45) is 5.92 Å². The van der Waals surface area contributed by atoms with Gasteiger partial charge in [0.1, 0.15) is 6.61 Å². The van der Waals surface area contributed by atoms with E-state index < -0.39 is 12.1 Å². The second-order valence-electron chi connectivity index (χ2n) is 8.21. The molecule has 2 unspecified atom stereocenters. The van der Waals surface area contributed by atoms with Crippen molar-refractivity contribution in [2.45, 2.75) is 24.8 Å². The van der Waals surface area contributed by atoms with Gasteiger partial charge in [-0.1, -0.05) is 60.7 Å². The summed E-state index contributed by atoms with van der Waals surface area (Å²) in [7, 11) is 1.59. The molecule has 0 aromatic heterocycles. The number of carbonyl (C=O) groups is 3. The summed E-state index contributed by atoms with van der Waals surface area (Å²) in [5.41, 5.74) is 4.64. The summed E-state index contributed by atoms with van der Waals surface area (Å²) in [6, 6.07) is 16.0. The van der Waals surface area contributed by atoms with Crippen LogP contribution >= 0.6 is 0 Å². The second-order valence-corrected chi connectivity index (χ2v) is 8.21. The molecule has 0 spiro atoms.